The van der Waals surface area contributed by atoms with E-state index in [-0.39, 0.29) is 0 Å². The van der Waals surface area contributed by atoms with Crippen molar-refractivity contribution in [1.29, 1.82) is 0 Å². The Balaban J connectivity index is 2.08. The maximum atomic E-state index is 4.40. The lowest BCUT2D eigenvalue weighted by atomic mass is 9.87. The summed E-state index contributed by atoms with van der Waals surface area (Å²) in [6.07, 6.45) is 11.0. The van der Waals surface area contributed by atoms with Crippen molar-refractivity contribution < 1.29 is 0 Å². The predicted octanol–water partition coefficient (Wildman–Crippen LogP) is 2.47. The zero-order valence-corrected chi connectivity index (χ0v) is 7.66. The van der Waals surface area contributed by atoms with Gasteiger partial charge in [-0.2, -0.15) is 0 Å². The van der Waals surface area contributed by atoms with Gasteiger partial charge in [-0.05, 0) is 12.8 Å². The molecule has 0 unspecified atom stereocenters. The summed E-state index contributed by atoms with van der Waals surface area (Å²) in [6.45, 7) is 0. The maximum absolute atomic E-state index is 4.40. The van der Waals surface area contributed by atoms with Gasteiger partial charge in [0.25, 0.3) is 0 Å². The van der Waals surface area contributed by atoms with E-state index in [4.69, 9.17) is 0 Å². The van der Waals surface area contributed by atoms with Gasteiger partial charge < -0.3 is 4.57 Å². The number of hydrogen-bond acceptors (Lipinski definition) is 1. The Hall–Kier alpha value is -0.790. The van der Waals surface area contributed by atoms with E-state index in [0.717, 1.165) is 5.92 Å². The Labute approximate surface area is 73.6 Å². The molecule has 0 aliphatic heterocycles. The van der Waals surface area contributed by atoms with Gasteiger partial charge in [-0.15, -0.1) is 0 Å². The second-order valence-corrected chi connectivity index (χ2v) is 3.80. The topological polar surface area (TPSA) is 17.8 Å². The molecule has 0 radical (unpaired) electrons. The summed E-state index contributed by atoms with van der Waals surface area (Å²) >= 11 is 0. The van der Waals surface area contributed by atoms with Gasteiger partial charge in [0.2, 0.25) is 0 Å². The normalized spacial score (nSPS) is 19.8. The summed E-state index contributed by atoms with van der Waals surface area (Å²) < 4.78 is 2.05. The van der Waals surface area contributed by atoms with E-state index in [1.165, 1.54) is 37.8 Å². The number of rotatable bonds is 1. The molecule has 1 aliphatic carbocycles. The van der Waals surface area contributed by atoms with Gasteiger partial charge in [-0.1, -0.05) is 19.3 Å². The van der Waals surface area contributed by atoms with E-state index >= 15 is 0 Å². The summed E-state index contributed by atoms with van der Waals surface area (Å²) in [6, 6.07) is 0. The lowest BCUT2D eigenvalue weighted by Crippen LogP contribution is -2.04. The van der Waals surface area contributed by atoms with Crippen LogP contribution in [0.1, 0.15) is 43.7 Å². The van der Waals surface area contributed by atoms with Crippen molar-refractivity contribution in [2.24, 2.45) is 7.05 Å². The molecule has 1 fully saturated rings. The first-order chi connectivity index (χ1) is 5.86. The van der Waals surface area contributed by atoms with Crippen molar-refractivity contribution >= 4 is 0 Å². The molecule has 1 aromatic heterocycles. The quantitative estimate of drug-likeness (QED) is 0.623. The molecular weight excluding hydrogens is 148 g/mol. The van der Waals surface area contributed by atoms with Crippen molar-refractivity contribution in [3.05, 3.63) is 18.2 Å². The lowest BCUT2D eigenvalue weighted by Gasteiger charge is -2.19. The summed E-state index contributed by atoms with van der Waals surface area (Å²) in [5, 5.41) is 0. The molecule has 0 amide bonds. The van der Waals surface area contributed by atoms with Crippen molar-refractivity contribution in [2.45, 2.75) is 38.0 Å². The standard InChI is InChI=1S/C10H16N2/c1-12-7-10(11-8-12)9-5-3-2-4-6-9/h7-9H,2-6H2,1H3. The number of imidazole rings is 1. The highest BCUT2D eigenvalue weighted by Gasteiger charge is 2.16. The van der Waals surface area contributed by atoms with Crippen LogP contribution in [0.25, 0.3) is 0 Å². The van der Waals surface area contributed by atoms with Crippen molar-refractivity contribution in [3.8, 4) is 0 Å². The van der Waals surface area contributed by atoms with E-state index in [2.05, 4.69) is 11.2 Å². The molecule has 0 bridgehead atoms. The van der Waals surface area contributed by atoms with Gasteiger partial charge in [0.15, 0.2) is 0 Å². The smallest absolute Gasteiger partial charge is 0.0946 e. The summed E-state index contributed by atoms with van der Waals surface area (Å²) in [7, 11) is 2.04. The highest BCUT2D eigenvalue weighted by Crippen LogP contribution is 2.31. The van der Waals surface area contributed by atoms with Gasteiger partial charge in [-0.3, -0.25) is 0 Å². The van der Waals surface area contributed by atoms with Crippen LogP contribution in [0.15, 0.2) is 12.5 Å². The Kier molecular flexibility index (Phi) is 2.15. The molecule has 0 atom stereocenters. The van der Waals surface area contributed by atoms with Crippen LogP contribution in [-0.2, 0) is 7.05 Å². The Morgan fingerprint density at radius 3 is 2.67 bits per heavy atom. The third-order valence-corrected chi connectivity index (χ3v) is 2.75. The van der Waals surface area contributed by atoms with Gasteiger partial charge >= 0.3 is 0 Å². The SMILES string of the molecule is Cn1cnc(C2CCCCC2)c1. The number of hydrogen-bond donors (Lipinski definition) is 0. The fraction of sp³-hybridized carbons (Fsp3) is 0.700. The maximum Gasteiger partial charge on any atom is 0.0946 e. The predicted molar refractivity (Wildman–Crippen MR) is 49.0 cm³/mol. The summed E-state index contributed by atoms with van der Waals surface area (Å²) in [5.41, 5.74) is 1.30. The lowest BCUT2D eigenvalue weighted by molar-refractivity contribution is 0.437. The largest absolute Gasteiger partial charge is 0.340 e. The fourth-order valence-corrected chi connectivity index (χ4v) is 2.04. The third-order valence-electron chi connectivity index (χ3n) is 2.75. The molecular formula is C10H16N2. The van der Waals surface area contributed by atoms with Gasteiger partial charge in [0.05, 0.1) is 12.0 Å². The minimum absolute atomic E-state index is 0.750. The third kappa shape index (κ3) is 1.52. The van der Waals surface area contributed by atoms with Gasteiger partial charge in [0.1, 0.15) is 0 Å². The highest BCUT2D eigenvalue weighted by atomic mass is 15.0. The average Bonchev–Trinajstić information content (AvgIpc) is 2.54. The molecule has 2 heteroatoms. The summed E-state index contributed by atoms with van der Waals surface area (Å²) in [5.74, 6) is 0.750. The molecule has 12 heavy (non-hydrogen) atoms. The van der Waals surface area contributed by atoms with E-state index in [0.29, 0.717) is 0 Å². The molecule has 2 nitrogen and oxygen atoms in total. The molecule has 0 spiro atoms. The van der Waals surface area contributed by atoms with E-state index < -0.39 is 0 Å². The molecule has 0 aromatic carbocycles. The molecule has 0 saturated heterocycles. The van der Waals surface area contributed by atoms with Crippen LogP contribution in [0, 0.1) is 0 Å². The first-order valence-electron chi connectivity index (χ1n) is 4.84. The molecule has 1 aliphatic rings. The Morgan fingerprint density at radius 1 is 1.33 bits per heavy atom. The average molecular weight is 164 g/mol. The molecule has 66 valence electrons. The Morgan fingerprint density at radius 2 is 2.08 bits per heavy atom. The first-order valence-corrected chi connectivity index (χ1v) is 4.84. The summed E-state index contributed by atoms with van der Waals surface area (Å²) in [4.78, 5) is 4.40. The van der Waals surface area contributed by atoms with E-state index in [1.54, 1.807) is 0 Å². The van der Waals surface area contributed by atoms with Crippen molar-refractivity contribution in [3.63, 3.8) is 0 Å². The number of aromatic nitrogens is 2. The van der Waals surface area contributed by atoms with E-state index in [1.807, 2.05) is 17.9 Å². The first kappa shape index (κ1) is 7.84. The van der Waals surface area contributed by atoms with Crippen LogP contribution in [0.3, 0.4) is 0 Å². The molecule has 1 saturated carbocycles. The second kappa shape index (κ2) is 3.30. The van der Waals surface area contributed by atoms with Crippen molar-refractivity contribution in [2.75, 3.05) is 0 Å². The monoisotopic (exact) mass is 164 g/mol. The zero-order chi connectivity index (χ0) is 8.39. The fourth-order valence-electron chi connectivity index (χ4n) is 2.04. The van der Waals surface area contributed by atoms with Crippen LogP contribution in [0.4, 0.5) is 0 Å². The minimum atomic E-state index is 0.750. The van der Waals surface area contributed by atoms with Crippen molar-refractivity contribution in [1.82, 2.24) is 9.55 Å². The number of aryl methyl sites for hydroxylation is 1. The molecule has 0 N–H and O–H groups in total. The molecule has 1 aromatic rings. The van der Waals surface area contributed by atoms with Crippen LogP contribution in [-0.4, -0.2) is 9.55 Å². The van der Waals surface area contributed by atoms with Crippen LogP contribution in [0.2, 0.25) is 0 Å². The minimum Gasteiger partial charge on any atom is -0.340 e. The van der Waals surface area contributed by atoms with Gasteiger partial charge in [0, 0.05) is 19.2 Å². The van der Waals surface area contributed by atoms with Gasteiger partial charge in [-0.25, -0.2) is 4.98 Å². The van der Waals surface area contributed by atoms with Crippen LogP contribution >= 0.6 is 0 Å². The van der Waals surface area contributed by atoms with Crippen LogP contribution < -0.4 is 0 Å². The highest BCUT2D eigenvalue weighted by molar-refractivity contribution is 5.05. The van der Waals surface area contributed by atoms with Crippen LogP contribution in [0.5, 0.6) is 0 Å². The van der Waals surface area contributed by atoms with E-state index in [9.17, 15) is 0 Å². The number of nitrogens with zero attached hydrogens (tertiary/aromatic N) is 2. The molecule has 2 rings (SSSR count). The molecule has 1 heterocycles. The Bertz CT molecular complexity index is 246. The second-order valence-electron chi connectivity index (χ2n) is 3.80. The zero-order valence-electron chi connectivity index (χ0n) is 7.66.